The average molecular weight is 246 g/mol. The standard InChI is InChI=1S/C15H22N2O/c1-11(2)18-15-9-12(16)8-14(10-15)17-13-6-4-3-5-7-13/h3-4,8-11,13,17H,5-7,16H2,1-2H3. The van der Waals surface area contributed by atoms with Crippen LogP contribution in [0.4, 0.5) is 11.4 Å². The predicted octanol–water partition coefficient (Wildman–Crippen LogP) is 3.58. The molecule has 1 aromatic rings. The molecule has 0 fully saturated rings. The first kappa shape index (κ1) is 12.8. The van der Waals surface area contributed by atoms with Gasteiger partial charge in [0.15, 0.2) is 0 Å². The molecule has 3 N–H and O–H groups in total. The third-order valence-corrected chi connectivity index (χ3v) is 2.94. The van der Waals surface area contributed by atoms with Crippen LogP contribution in [0, 0.1) is 0 Å². The molecule has 0 aromatic heterocycles. The molecule has 2 rings (SSSR count). The molecule has 98 valence electrons. The fraction of sp³-hybridized carbons (Fsp3) is 0.467. The maximum atomic E-state index is 5.91. The van der Waals surface area contributed by atoms with Crippen LogP contribution in [0.15, 0.2) is 30.4 Å². The van der Waals surface area contributed by atoms with Gasteiger partial charge in [0, 0.05) is 29.5 Å². The molecule has 18 heavy (non-hydrogen) atoms. The summed E-state index contributed by atoms with van der Waals surface area (Å²) < 4.78 is 5.69. The van der Waals surface area contributed by atoms with Gasteiger partial charge in [0.05, 0.1) is 6.10 Å². The van der Waals surface area contributed by atoms with E-state index in [0.717, 1.165) is 30.0 Å². The van der Waals surface area contributed by atoms with E-state index < -0.39 is 0 Å². The molecule has 0 bridgehead atoms. The number of nitrogens with two attached hydrogens (primary N) is 1. The van der Waals surface area contributed by atoms with Crippen LogP contribution >= 0.6 is 0 Å². The van der Waals surface area contributed by atoms with Gasteiger partial charge in [-0.25, -0.2) is 0 Å². The number of nitrogen functional groups attached to an aromatic ring is 1. The van der Waals surface area contributed by atoms with Crippen molar-refractivity contribution in [2.24, 2.45) is 0 Å². The first-order valence-electron chi connectivity index (χ1n) is 6.62. The van der Waals surface area contributed by atoms with E-state index in [1.807, 2.05) is 32.0 Å². The molecule has 0 saturated carbocycles. The Balaban J connectivity index is 2.07. The lowest BCUT2D eigenvalue weighted by atomic mass is 10.0. The molecule has 0 saturated heterocycles. The van der Waals surface area contributed by atoms with Crippen LogP contribution < -0.4 is 15.8 Å². The third kappa shape index (κ3) is 3.69. The smallest absolute Gasteiger partial charge is 0.123 e. The summed E-state index contributed by atoms with van der Waals surface area (Å²) in [6.45, 7) is 4.03. The third-order valence-electron chi connectivity index (χ3n) is 2.94. The highest BCUT2D eigenvalue weighted by molar-refractivity contribution is 5.59. The average Bonchev–Trinajstić information content (AvgIpc) is 2.28. The molecule has 0 amide bonds. The highest BCUT2D eigenvalue weighted by atomic mass is 16.5. The van der Waals surface area contributed by atoms with Crippen molar-refractivity contribution in [3.63, 3.8) is 0 Å². The SMILES string of the molecule is CC(C)Oc1cc(N)cc(NC2CC=CCC2)c1. The maximum absolute atomic E-state index is 5.91. The van der Waals surface area contributed by atoms with Gasteiger partial charge in [-0.15, -0.1) is 0 Å². The lowest BCUT2D eigenvalue weighted by Crippen LogP contribution is -2.20. The second-order valence-corrected chi connectivity index (χ2v) is 5.08. The van der Waals surface area contributed by atoms with Crippen molar-refractivity contribution in [1.82, 2.24) is 0 Å². The van der Waals surface area contributed by atoms with Crippen LogP contribution in [0.3, 0.4) is 0 Å². The Morgan fingerprint density at radius 3 is 2.78 bits per heavy atom. The Morgan fingerprint density at radius 2 is 2.11 bits per heavy atom. The van der Waals surface area contributed by atoms with Crippen LogP contribution in [-0.2, 0) is 0 Å². The van der Waals surface area contributed by atoms with E-state index >= 15 is 0 Å². The van der Waals surface area contributed by atoms with Gasteiger partial charge in [-0.2, -0.15) is 0 Å². The van der Waals surface area contributed by atoms with Gasteiger partial charge >= 0.3 is 0 Å². The Morgan fingerprint density at radius 1 is 1.28 bits per heavy atom. The van der Waals surface area contributed by atoms with Crippen molar-refractivity contribution in [3.8, 4) is 5.75 Å². The fourth-order valence-corrected chi connectivity index (χ4v) is 2.21. The topological polar surface area (TPSA) is 47.3 Å². The van der Waals surface area contributed by atoms with Gasteiger partial charge < -0.3 is 15.8 Å². The molecule has 1 aromatic carbocycles. The molecule has 1 aliphatic carbocycles. The van der Waals surface area contributed by atoms with Gasteiger partial charge in [0.1, 0.15) is 5.75 Å². The van der Waals surface area contributed by atoms with E-state index in [4.69, 9.17) is 10.5 Å². The summed E-state index contributed by atoms with van der Waals surface area (Å²) in [5.41, 5.74) is 7.69. The van der Waals surface area contributed by atoms with Gasteiger partial charge in [-0.05, 0) is 39.2 Å². The number of hydrogen-bond donors (Lipinski definition) is 2. The number of hydrogen-bond acceptors (Lipinski definition) is 3. The van der Waals surface area contributed by atoms with Crippen molar-refractivity contribution >= 4 is 11.4 Å². The predicted molar refractivity (Wildman–Crippen MR) is 77.0 cm³/mol. The monoisotopic (exact) mass is 246 g/mol. The van der Waals surface area contributed by atoms with Crippen LogP contribution in [0.5, 0.6) is 5.75 Å². The molecular weight excluding hydrogens is 224 g/mol. The van der Waals surface area contributed by atoms with Crippen molar-refractivity contribution in [3.05, 3.63) is 30.4 Å². The van der Waals surface area contributed by atoms with E-state index in [9.17, 15) is 0 Å². The summed E-state index contributed by atoms with van der Waals surface area (Å²) in [6.07, 6.45) is 8.04. The molecule has 3 heteroatoms. The number of ether oxygens (including phenoxy) is 1. The summed E-state index contributed by atoms with van der Waals surface area (Å²) in [7, 11) is 0. The number of anilines is 2. The molecule has 3 nitrogen and oxygen atoms in total. The van der Waals surface area contributed by atoms with Crippen LogP contribution in [0.2, 0.25) is 0 Å². The van der Waals surface area contributed by atoms with E-state index in [0.29, 0.717) is 6.04 Å². The number of benzene rings is 1. The summed E-state index contributed by atoms with van der Waals surface area (Å²) in [6, 6.07) is 6.36. The van der Waals surface area contributed by atoms with Crippen molar-refractivity contribution in [1.29, 1.82) is 0 Å². The number of nitrogens with one attached hydrogen (secondary N) is 1. The largest absolute Gasteiger partial charge is 0.491 e. The fourth-order valence-electron chi connectivity index (χ4n) is 2.21. The highest BCUT2D eigenvalue weighted by Gasteiger charge is 2.10. The summed E-state index contributed by atoms with van der Waals surface area (Å²) in [5, 5.41) is 3.52. The van der Waals surface area contributed by atoms with Crippen molar-refractivity contribution in [2.45, 2.75) is 45.3 Å². The number of allylic oxidation sites excluding steroid dienone is 1. The van der Waals surface area contributed by atoms with Gasteiger partial charge in [0.2, 0.25) is 0 Å². The zero-order valence-corrected chi connectivity index (χ0v) is 11.1. The molecule has 1 aliphatic rings. The lowest BCUT2D eigenvalue weighted by Gasteiger charge is -2.21. The second-order valence-electron chi connectivity index (χ2n) is 5.08. The van der Waals surface area contributed by atoms with E-state index in [2.05, 4.69) is 17.5 Å². The van der Waals surface area contributed by atoms with Gasteiger partial charge in [-0.1, -0.05) is 12.2 Å². The first-order chi connectivity index (χ1) is 8.63. The summed E-state index contributed by atoms with van der Waals surface area (Å²) in [5.74, 6) is 0.832. The first-order valence-corrected chi connectivity index (χ1v) is 6.62. The molecule has 1 unspecified atom stereocenters. The molecule has 0 radical (unpaired) electrons. The van der Waals surface area contributed by atoms with E-state index in [1.165, 1.54) is 6.42 Å². The van der Waals surface area contributed by atoms with E-state index in [-0.39, 0.29) is 6.10 Å². The summed E-state index contributed by atoms with van der Waals surface area (Å²) >= 11 is 0. The Labute approximate surface area is 109 Å². The minimum Gasteiger partial charge on any atom is -0.491 e. The summed E-state index contributed by atoms with van der Waals surface area (Å²) in [4.78, 5) is 0. The van der Waals surface area contributed by atoms with Gasteiger partial charge in [0.25, 0.3) is 0 Å². The zero-order chi connectivity index (χ0) is 13.0. The van der Waals surface area contributed by atoms with E-state index in [1.54, 1.807) is 0 Å². The highest BCUT2D eigenvalue weighted by Crippen LogP contribution is 2.25. The molecule has 0 spiro atoms. The van der Waals surface area contributed by atoms with Gasteiger partial charge in [-0.3, -0.25) is 0 Å². The Kier molecular flexibility index (Phi) is 4.13. The molecule has 0 heterocycles. The minimum absolute atomic E-state index is 0.164. The van der Waals surface area contributed by atoms with Crippen molar-refractivity contribution in [2.75, 3.05) is 11.1 Å². The molecular formula is C15H22N2O. The molecule has 0 aliphatic heterocycles. The normalized spacial score (nSPS) is 18.9. The van der Waals surface area contributed by atoms with Crippen LogP contribution in [0.1, 0.15) is 33.1 Å². The molecule has 1 atom stereocenters. The Hall–Kier alpha value is -1.64. The van der Waals surface area contributed by atoms with Crippen LogP contribution in [-0.4, -0.2) is 12.1 Å². The minimum atomic E-state index is 0.164. The van der Waals surface area contributed by atoms with Crippen LogP contribution in [0.25, 0.3) is 0 Å². The lowest BCUT2D eigenvalue weighted by molar-refractivity contribution is 0.242. The maximum Gasteiger partial charge on any atom is 0.123 e. The number of rotatable bonds is 4. The van der Waals surface area contributed by atoms with Crippen molar-refractivity contribution < 1.29 is 4.74 Å². The zero-order valence-electron chi connectivity index (χ0n) is 11.1. The quantitative estimate of drug-likeness (QED) is 0.630. The second kappa shape index (κ2) is 5.80. The Bertz CT molecular complexity index is 427.